The summed E-state index contributed by atoms with van der Waals surface area (Å²) in [6.45, 7) is 0.376. The number of carbonyl (C=O) groups excluding carboxylic acids is 1. The van der Waals surface area contributed by atoms with Gasteiger partial charge in [0.2, 0.25) is 0 Å². The fraction of sp³-hybridized carbons (Fsp3) is 0.462. The van der Waals surface area contributed by atoms with Gasteiger partial charge in [0.25, 0.3) is 0 Å². The Balaban J connectivity index is 2.56. The highest BCUT2D eigenvalue weighted by atomic mass is 19.4. The van der Waals surface area contributed by atoms with Crippen LogP contribution in [0.25, 0.3) is 0 Å². The van der Waals surface area contributed by atoms with E-state index in [1.807, 2.05) is 0 Å². The summed E-state index contributed by atoms with van der Waals surface area (Å²) in [6, 6.07) is 5.21. The maximum Gasteiger partial charge on any atom is 0.416 e. The zero-order valence-electron chi connectivity index (χ0n) is 10.5. The molecule has 3 nitrogen and oxygen atoms in total. The first-order valence-corrected chi connectivity index (χ1v) is 5.75. The van der Waals surface area contributed by atoms with Gasteiger partial charge in [-0.25, -0.2) is 0 Å². The van der Waals surface area contributed by atoms with E-state index in [2.05, 4.69) is 0 Å². The van der Waals surface area contributed by atoms with Gasteiger partial charge in [-0.3, -0.25) is 4.79 Å². The molecule has 0 heterocycles. The maximum absolute atomic E-state index is 12.7. The van der Waals surface area contributed by atoms with Gasteiger partial charge in [-0.1, -0.05) is 18.2 Å². The molecule has 1 rings (SSSR count). The summed E-state index contributed by atoms with van der Waals surface area (Å²) >= 11 is 0. The van der Waals surface area contributed by atoms with Crippen molar-refractivity contribution >= 4 is 5.97 Å². The third-order valence-corrected chi connectivity index (χ3v) is 2.47. The Bertz CT molecular complexity index is 416. The summed E-state index contributed by atoms with van der Waals surface area (Å²) in [6.07, 6.45) is -4.49. The largest absolute Gasteiger partial charge is 0.463 e. The lowest BCUT2D eigenvalue weighted by atomic mass is 10.0. The molecule has 0 fully saturated rings. The number of halogens is 3. The summed E-state index contributed by atoms with van der Waals surface area (Å²) in [4.78, 5) is 11.3. The van der Waals surface area contributed by atoms with Crippen molar-refractivity contribution in [3.05, 3.63) is 35.4 Å². The number of hydrogen-bond acceptors (Lipinski definition) is 3. The molecule has 0 saturated heterocycles. The zero-order valence-corrected chi connectivity index (χ0v) is 10.5. The van der Waals surface area contributed by atoms with E-state index in [0.29, 0.717) is 0 Å². The number of rotatable bonds is 6. The average molecular weight is 276 g/mol. The minimum Gasteiger partial charge on any atom is -0.463 e. The number of benzene rings is 1. The smallest absolute Gasteiger partial charge is 0.416 e. The van der Waals surface area contributed by atoms with Crippen molar-refractivity contribution in [1.29, 1.82) is 0 Å². The van der Waals surface area contributed by atoms with E-state index in [1.54, 1.807) is 0 Å². The van der Waals surface area contributed by atoms with Gasteiger partial charge in [-0.15, -0.1) is 0 Å². The molecule has 0 spiro atoms. The number of methoxy groups -OCH3 is 1. The number of ether oxygens (including phenoxy) is 2. The van der Waals surface area contributed by atoms with Crippen LogP contribution in [0.4, 0.5) is 13.2 Å². The lowest BCUT2D eigenvalue weighted by Crippen LogP contribution is -2.13. The Morgan fingerprint density at radius 3 is 2.53 bits per heavy atom. The summed E-state index contributed by atoms with van der Waals surface area (Å²) < 4.78 is 47.5. The van der Waals surface area contributed by atoms with Gasteiger partial charge in [0.15, 0.2) is 0 Å². The van der Waals surface area contributed by atoms with Crippen LogP contribution in [0.15, 0.2) is 24.3 Å². The molecular formula is C13H15F3O3. The first kappa shape index (κ1) is 15.5. The predicted octanol–water partition coefficient (Wildman–Crippen LogP) is 2.83. The van der Waals surface area contributed by atoms with Gasteiger partial charge in [0.1, 0.15) is 6.61 Å². The van der Waals surface area contributed by atoms with Crippen molar-refractivity contribution < 1.29 is 27.4 Å². The molecule has 0 aliphatic rings. The molecule has 0 bridgehead atoms. The van der Waals surface area contributed by atoms with Crippen molar-refractivity contribution in [3.8, 4) is 0 Å². The monoisotopic (exact) mass is 276 g/mol. The molecule has 19 heavy (non-hydrogen) atoms. The second-order valence-corrected chi connectivity index (χ2v) is 3.87. The first-order chi connectivity index (χ1) is 8.95. The highest BCUT2D eigenvalue weighted by Gasteiger charge is 2.32. The average Bonchev–Trinajstić information content (AvgIpc) is 2.36. The Morgan fingerprint density at radius 2 is 1.89 bits per heavy atom. The standard InChI is InChI=1S/C13H15F3O3/c1-18-8-9-19-12(17)7-6-10-4-2-3-5-11(10)13(14,15)16/h2-5H,6-9H2,1H3. The molecule has 106 valence electrons. The van der Waals surface area contributed by atoms with Gasteiger partial charge < -0.3 is 9.47 Å². The van der Waals surface area contributed by atoms with E-state index in [1.165, 1.54) is 25.3 Å². The zero-order chi connectivity index (χ0) is 14.3. The van der Waals surface area contributed by atoms with Gasteiger partial charge in [-0.05, 0) is 18.1 Å². The minimum atomic E-state index is -4.41. The Kier molecular flexibility index (Phi) is 5.82. The van der Waals surface area contributed by atoms with Crippen LogP contribution in [0, 0.1) is 0 Å². The van der Waals surface area contributed by atoms with E-state index >= 15 is 0 Å². The van der Waals surface area contributed by atoms with E-state index < -0.39 is 17.7 Å². The third-order valence-electron chi connectivity index (χ3n) is 2.47. The topological polar surface area (TPSA) is 35.5 Å². The highest BCUT2D eigenvalue weighted by Crippen LogP contribution is 2.32. The minimum absolute atomic E-state index is 0.00149. The van der Waals surface area contributed by atoms with E-state index in [0.717, 1.165) is 6.07 Å². The van der Waals surface area contributed by atoms with Crippen LogP contribution in [0.1, 0.15) is 17.5 Å². The first-order valence-electron chi connectivity index (χ1n) is 5.75. The molecular weight excluding hydrogens is 261 g/mol. The van der Waals surface area contributed by atoms with Crippen LogP contribution < -0.4 is 0 Å². The van der Waals surface area contributed by atoms with Gasteiger partial charge in [0.05, 0.1) is 12.2 Å². The quantitative estimate of drug-likeness (QED) is 0.592. The van der Waals surface area contributed by atoms with Crippen LogP contribution >= 0.6 is 0 Å². The molecule has 0 saturated carbocycles. The van der Waals surface area contributed by atoms with Crippen LogP contribution in [0.2, 0.25) is 0 Å². The highest BCUT2D eigenvalue weighted by molar-refractivity contribution is 5.69. The van der Waals surface area contributed by atoms with E-state index in [9.17, 15) is 18.0 Å². The van der Waals surface area contributed by atoms with Gasteiger partial charge >= 0.3 is 12.1 Å². The molecule has 0 N–H and O–H groups in total. The van der Waals surface area contributed by atoms with Crippen molar-refractivity contribution in [1.82, 2.24) is 0 Å². The molecule has 0 aliphatic carbocycles. The van der Waals surface area contributed by atoms with Crippen LogP contribution in [0.3, 0.4) is 0 Å². The Labute approximate surface area is 109 Å². The number of carbonyl (C=O) groups is 1. The van der Waals surface area contributed by atoms with Crippen molar-refractivity contribution in [2.75, 3.05) is 20.3 Å². The van der Waals surface area contributed by atoms with Crippen LogP contribution in [-0.2, 0) is 26.9 Å². The summed E-state index contributed by atoms with van der Waals surface area (Å²) in [7, 11) is 1.47. The fourth-order valence-corrected chi connectivity index (χ4v) is 1.56. The van der Waals surface area contributed by atoms with E-state index in [-0.39, 0.29) is 31.6 Å². The molecule has 1 aromatic rings. The molecule has 0 aromatic heterocycles. The SMILES string of the molecule is COCCOC(=O)CCc1ccccc1C(F)(F)F. The van der Waals surface area contributed by atoms with Gasteiger partial charge in [0, 0.05) is 13.5 Å². The summed E-state index contributed by atoms with van der Waals surface area (Å²) in [5, 5.41) is 0. The second-order valence-electron chi connectivity index (χ2n) is 3.87. The Morgan fingerprint density at radius 1 is 1.21 bits per heavy atom. The van der Waals surface area contributed by atoms with Crippen LogP contribution in [-0.4, -0.2) is 26.3 Å². The third kappa shape index (κ3) is 5.30. The molecule has 0 aliphatic heterocycles. The van der Waals surface area contributed by atoms with Crippen LogP contribution in [0.5, 0.6) is 0 Å². The maximum atomic E-state index is 12.7. The second kappa shape index (κ2) is 7.13. The van der Waals surface area contributed by atoms with Crippen molar-refractivity contribution in [2.24, 2.45) is 0 Å². The fourth-order valence-electron chi connectivity index (χ4n) is 1.56. The molecule has 1 aromatic carbocycles. The molecule has 6 heteroatoms. The summed E-state index contributed by atoms with van der Waals surface area (Å²) in [5.41, 5.74) is -0.613. The number of esters is 1. The summed E-state index contributed by atoms with van der Waals surface area (Å²) in [5.74, 6) is -0.533. The van der Waals surface area contributed by atoms with Gasteiger partial charge in [-0.2, -0.15) is 13.2 Å². The van der Waals surface area contributed by atoms with E-state index in [4.69, 9.17) is 9.47 Å². The van der Waals surface area contributed by atoms with Crippen molar-refractivity contribution in [2.45, 2.75) is 19.0 Å². The number of aryl methyl sites for hydroxylation is 1. The molecule has 0 unspecified atom stereocenters. The normalized spacial score (nSPS) is 11.4. The lowest BCUT2D eigenvalue weighted by Gasteiger charge is -2.12. The molecule has 0 radical (unpaired) electrons. The molecule has 0 atom stereocenters. The molecule has 0 amide bonds. The predicted molar refractivity (Wildman–Crippen MR) is 62.6 cm³/mol. The Hall–Kier alpha value is -1.56. The lowest BCUT2D eigenvalue weighted by molar-refractivity contribution is -0.145. The van der Waals surface area contributed by atoms with Crippen molar-refractivity contribution in [3.63, 3.8) is 0 Å². The number of alkyl halides is 3. The number of hydrogen-bond donors (Lipinski definition) is 0.